The molecule has 0 aromatic rings. The molecule has 0 N–H and O–H groups in total. The predicted molar refractivity (Wildman–Crippen MR) is 73.9 cm³/mol. The first-order chi connectivity index (χ1) is 8.90. The van der Waals surface area contributed by atoms with E-state index in [9.17, 15) is 9.59 Å². The molecule has 5 nitrogen and oxygen atoms in total. The zero-order valence-corrected chi connectivity index (χ0v) is 12.8. The number of amides is 1. The van der Waals surface area contributed by atoms with Crippen molar-refractivity contribution in [3.05, 3.63) is 0 Å². The average Bonchev–Trinajstić information content (AvgIpc) is 2.38. The van der Waals surface area contributed by atoms with Crippen molar-refractivity contribution in [2.75, 3.05) is 20.3 Å². The van der Waals surface area contributed by atoms with E-state index in [2.05, 4.69) is 13.8 Å². The topological polar surface area (TPSA) is 55.8 Å². The van der Waals surface area contributed by atoms with Gasteiger partial charge in [-0.05, 0) is 32.1 Å². The maximum Gasteiger partial charge on any atom is 0.410 e. The van der Waals surface area contributed by atoms with Crippen molar-refractivity contribution in [3.8, 4) is 0 Å². The van der Waals surface area contributed by atoms with Gasteiger partial charge in [-0.25, -0.2) is 9.59 Å². The highest BCUT2D eigenvalue weighted by molar-refractivity contribution is 5.80. The summed E-state index contributed by atoms with van der Waals surface area (Å²) in [5, 5.41) is 0. The third-order valence-corrected chi connectivity index (χ3v) is 2.81. The molecule has 1 amide bonds. The molecule has 0 heterocycles. The van der Waals surface area contributed by atoms with Crippen molar-refractivity contribution >= 4 is 12.1 Å². The molecular formula is C14H27NO4. The number of esters is 1. The second-order valence-electron chi connectivity index (χ2n) is 5.10. The number of rotatable bonds is 8. The number of carbonyl (C=O) groups is 2. The molecule has 0 bridgehead atoms. The SMILES string of the molecule is CCCOC(=O)C(C)N(C)C(=O)OCCCC(C)C. The smallest absolute Gasteiger partial charge is 0.410 e. The van der Waals surface area contributed by atoms with Gasteiger partial charge >= 0.3 is 12.1 Å². The van der Waals surface area contributed by atoms with Crippen LogP contribution in [-0.4, -0.2) is 43.3 Å². The van der Waals surface area contributed by atoms with Crippen LogP contribution in [0.4, 0.5) is 4.79 Å². The van der Waals surface area contributed by atoms with Crippen molar-refractivity contribution in [1.29, 1.82) is 0 Å². The van der Waals surface area contributed by atoms with E-state index in [1.807, 2.05) is 6.92 Å². The van der Waals surface area contributed by atoms with Crippen LogP contribution in [0.1, 0.15) is 47.0 Å². The lowest BCUT2D eigenvalue weighted by atomic mass is 10.1. The summed E-state index contributed by atoms with van der Waals surface area (Å²) in [4.78, 5) is 24.6. The van der Waals surface area contributed by atoms with Crippen LogP contribution in [0, 0.1) is 5.92 Å². The summed E-state index contributed by atoms with van der Waals surface area (Å²) >= 11 is 0. The van der Waals surface area contributed by atoms with Crippen molar-refractivity contribution in [1.82, 2.24) is 4.90 Å². The van der Waals surface area contributed by atoms with Gasteiger partial charge in [-0.1, -0.05) is 20.8 Å². The molecule has 0 aromatic carbocycles. The Balaban J connectivity index is 3.99. The molecule has 112 valence electrons. The summed E-state index contributed by atoms with van der Waals surface area (Å²) in [6.07, 6.45) is 2.14. The Bertz CT molecular complexity index is 279. The molecule has 0 aliphatic carbocycles. The Morgan fingerprint density at radius 3 is 2.26 bits per heavy atom. The number of ether oxygens (including phenoxy) is 2. The zero-order chi connectivity index (χ0) is 14.8. The summed E-state index contributed by atoms with van der Waals surface area (Å²) in [5.41, 5.74) is 0. The maximum absolute atomic E-state index is 11.7. The van der Waals surface area contributed by atoms with Gasteiger partial charge in [0, 0.05) is 7.05 Å². The molecule has 0 rings (SSSR count). The summed E-state index contributed by atoms with van der Waals surface area (Å²) in [6, 6.07) is -0.621. The van der Waals surface area contributed by atoms with Gasteiger partial charge in [-0.15, -0.1) is 0 Å². The molecule has 5 heteroatoms. The Labute approximate surface area is 116 Å². The molecule has 19 heavy (non-hydrogen) atoms. The van der Waals surface area contributed by atoms with Gasteiger partial charge in [0.1, 0.15) is 6.04 Å². The lowest BCUT2D eigenvalue weighted by molar-refractivity contribution is -0.148. The second-order valence-corrected chi connectivity index (χ2v) is 5.10. The molecular weight excluding hydrogens is 246 g/mol. The van der Waals surface area contributed by atoms with Crippen LogP contribution in [0.15, 0.2) is 0 Å². The molecule has 0 aliphatic rings. The fraction of sp³-hybridized carbons (Fsp3) is 0.857. The van der Waals surface area contributed by atoms with Crippen LogP contribution in [0.3, 0.4) is 0 Å². The lowest BCUT2D eigenvalue weighted by Crippen LogP contribution is -2.41. The van der Waals surface area contributed by atoms with Gasteiger partial charge in [0.2, 0.25) is 0 Å². The third-order valence-electron chi connectivity index (χ3n) is 2.81. The largest absolute Gasteiger partial charge is 0.464 e. The molecule has 1 unspecified atom stereocenters. The van der Waals surface area contributed by atoms with Gasteiger partial charge in [0.05, 0.1) is 13.2 Å². The summed E-state index contributed by atoms with van der Waals surface area (Å²) in [6.45, 7) is 8.57. The Morgan fingerprint density at radius 2 is 1.74 bits per heavy atom. The summed E-state index contributed by atoms with van der Waals surface area (Å²) in [5.74, 6) is 0.197. The van der Waals surface area contributed by atoms with Gasteiger partial charge < -0.3 is 9.47 Å². The standard InChI is InChI=1S/C14H27NO4/c1-6-9-18-13(16)12(4)15(5)14(17)19-10-7-8-11(2)3/h11-12H,6-10H2,1-5H3. The molecule has 0 fully saturated rings. The van der Waals surface area contributed by atoms with E-state index in [4.69, 9.17) is 9.47 Å². The first kappa shape index (κ1) is 17.7. The van der Waals surface area contributed by atoms with Gasteiger partial charge in [0.15, 0.2) is 0 Å². The third kappa shape index (κ3) is 7.70. The normalized spacial score (nSPS) is 12.1. The van der Waals surface area contributed by atoms with Crippen LogP contribution in [0.25, 0.3) is 0 Å². The van der Waals surface area contributed by atoms with Crippen molar-refractivity contribution in [2.45, 2.75) is 53.0 Å². The summed E-state index contributed by atoms with van der Waals surface area (Å²) < 4.78 is 10.1. The average molecular weight is 273 g/mol. The number of hydrogen-bond acceptors (Lipinski definition) is 4. The van der Waals surface area contributed by atoms with Gasteiger partial charge in [0.25, 0.3) is 0 Å². The van der Waals surface area contributed by atoms with E-state index in [0.717, 1.165) is 19.3 Å². The minimum atomic E-state index is -0.621. The highest BCUT2D eigenvalue weighted by Crippen LogP contribution is 2.06. The van der Waals surface area contributed by atoms with Gasteiger partial charge in [-0.2, -0.15) is 0 Å². The number of hydrogen-bond donors (Lipinski definition) is 0. The van der Waals surface area contributed by atoms with Crippen molar-refractivity contribution in [3.63, 3.8) is 0 Å². The van der Waals surface area contributed by atoms with E-state index in [0.29, 0.717) is 19.1 Å². The van der Waals surface area contributed by atoms with E-state index in [-0.39, 0.29) is 0 Å². The maximum atomic E-state index is 11.7. The minimum Gasteiger partial charge on any atom is -0.464 e. The van der Waals surface area contributed by atoms with Crippen molar-refractivity contribution in [2.24, 2.45) is 5.92 Å². The van der Waals surface area contributed by atoms with E-state index < -0.39 is 18.1 Å². The Hall–Kier alpha value is -1.26. The molecule has 0 saturated carbocycles. The van der Waals surface area contributed by atoms with Crippen molar-refractivity contribution < 1.29 is 19.1 Å². The number of likely N-dealkylation sites (N-methyl/N-ethyl adjacent to an activating group) is 1. The summed E-state index contributed by atoms with van der Waals surface area (Å²) in [7, 11) is 1.54. The van der Waals surface area contributed by atoms with Crippen LogP contribution in [-0.2, 0) is 14.3 Å². The van der Waals surface area contributed by atoms with E-state index in [1.54, 1.807) is 14.0 Å². The minimum absolute atomic E-state index is 0.375. The molecule has 0 spiro atoms. The Kier molecular flexibility index (Phi) is 9.00. The first-order valence-corrected chi connectivity index (χ1v) is 6.96. The number of nitrogens with zero attached hydrogens (tertiary/aromatic N) is 1. The van der Waals surface area contributed by atoms with Gasteiger partial charge in [-0.3, -0.25) is 4.90 Å². The lowest BCUT2D eigenvalue weighted by Gasteiger charge is -2.22. The predicted octanol–water partition coefficient (Wildman–Crippen LogP) is 2.83. The molecule has 1 atom stereocenters. The highest BCUT2D eigenvalue weighted by Gasteiger charge is 2.24. The Morgan fingerprint density at radius 1 is 1.11 bits per heavy atom. The van der Waals surface area contributed by atoms with E-state index >= 15 is 0 Å². The number of carbonyl (C=O) groups excluding carboxylic acids is 2. The molecule has 0 radical (unpaired) electrons. The fourth-order valence-corrected chi connectivity index (χ4v) is 1.39. The van der Waals surface area contributed by atoms with Crippen LogP contribution in [0.5, 0.6) is 0 Å². The van der Waals surface area contributed by atoms with Crippen LogP contribution >= 0.6 is 0 Å². The first-order valence-electron chi connectivity index (χ1n) is 6.96. The highest BCUT2D eigenvalue weighted by atomic mass is 16.6. The molecule has 0 aromatic heterocycles. The van der Waals surface area contributed by atoms with E-state index in [1.165, 1.54) is 4.90 Å². The monoisotopic (exact) mass is 273 g/mol. The zero-order valence-electron chi connectivity index (χ0n) is 12.8. The van der Waals surface area contributed by atoms with Crippen LogP contribution < -0.4 is 0 Å². The molecule has 0 aliphatic heterocycles. The fourth-order valence-electron chi connectivity index (χ4n) is 1.39. The molecule has 0 saturated heterocycles. The van der Waals surface area contributed by atoms with Crippen LogP contribution in [0.2, 0.25) is 0 Å². The quantitative estimate of drug-likeness (QED) is 0.504. The second kappa shape index (κ2) is 9.64.